The van der Waals surface area contributed by atoms with Crippen LogP contribution in [-0.2, 0) is 4.74 Å². The van der Waals surface area contributed by atoms with Gasteiger partial charge in [0.25, 0.3) is 0 Å². The van der Waals surface area contributed by atoms with Gasteiger partial charge in [0, 0.05) is 37.4 Å². The summed E-state index contributed by atoms with van der Waals surface area (Å²) in [6.07, 6.45) is 0. The smallest absolute Gasteiger partial charge is 0.319 e. The third kappa shape index (κ3) is 5.37. The lowest BCUT2D eigenvalue weighted by Crippen LogP contribution is -2.37. The fourth-order valence-corrected chi connectivity index (χ4v) is 3.56. The van der Waals surface area contributed by atoms with E-state index in [0.717, 1.165) is 31.0 Å². The lowest BCUT2D eigenvalue weighted by atomic mass is 10.2. The number of rotatable bonds is 7. The molecule has 4 rings (SSSR count). The Morgan fingerprint density at radius 2 is 1.88 bits per heavy atom. The molecule has 1 saturated heterocycles. The maximum absolute atomic E-state index is 12.1. The van der Waals surface area contributed by atoms with E-state index in [1.165, 1.54) is 0 Å². The fourth-order valence-electron chi connectivity index (χ4n) is 3.56. The van der Waals surface area contributed by atoms with Gasteiger partial charge in [-0.15, -0.1) is 5.10 Å². The number of ether oxygens (including phenoxy) is 1. The molecule has 3 heterocycles. The zero-order chi connectivity index (χ0) is 23.4. The molecule has 2 aromatic heterocycles. The van der Waals surface area contributed by atoms with E-state index in [4.69, 9.17) is 14.7 Å². The summed E-state index contributed by atoms with van der Waals surface area (Å²) in [5, 5.41) is 14.4. The van der Waals surface area contributed by atoms with E-state index in [1.54, 1.807) is 0 Å². The first-order valence-electron chi connectivity index (χ1n) is 11.2. The molecule has 0 aliphatic carbocycles. The van der Waals surface area contributed by atoms with Gasteiger partial charge in [0.1, 0.15) is 0 Å². The lowest BCUT2D eigenvalue weighted by Gasteiger charge is -2.28. The molecule has 0 bridgehead atoms. The Morgan fingerprint density at radius 3 is 2.55 bits per heavy atom. The van der Waals surface area contributed by atoms with E-state index in [0.29, 0.717) is 42.4 Å². The standard InChI is InChI=1S/C22H31N9O2/c1-15(2)31-21-18(27-28-31)20(30-11-13-33-14-12-30)25-19(26-21)16-5-7-17(8-6-16)24-22(32)23-9-10-29(3)4/h5-8,15H,9-14H2,1-4H3,(H2,23,24,32). The van der Waals surface area contributed by atoms with Gasteiger partial charge < -0.3 is 25.2 Å². The van der Waals surface area contributed by atoms with Crippen molar-refractivity contribution < 1.29 is 9.53 Å². The Kier molecular flexibility index (Phi) is 6.99. The maximum atomic E-state index is 12.1. The second kappa shape index (κ2) is 10.1. The predicted octanol–water partition coefficient (Wildman–Crippen LogP) is 1.99. The predicted molar refractivity (Wildman–Crippen MR) is 128 cm³/mol. The topological polar surface area (TPSA) is 113 Å². The minimum atomic E-state index is -0.233. The molecule has 1 aliphatic heterocycles. The number of aromatic nitrogens is 5. The molecule has 11 nitrogen and oxygen atoms in total. The number of carbonyl (C=O) groups is 1. The molecular weight excluding hydrogens is 422 g/mol. The molecule has 3 aromatic rings. The first-order valence-corrected chi connectivity index (χ1v) is 11.2. The second-order valence-corrected chi connectivity index (χ2v) is 8.53. The molecule has 0 radical (unpaired) electrons. The molecule has 0 saturated carbocycles. The van der Waals surface area contributed by atoms with Crippen molar-refractivity contribution in [3.05, 3.63) is 24.3 Å². The number of benzene rings is 1. The van der Waals surface area contributed by atoms with E-state index in [1.807, 2.05) is 61.8 Å². The van der Waals surface area contributed by atoms with Crippen molar-refractivity contribution in [1.29, 1.82) is 0 Å². The minimum absolute atomic E-state index is 0.118. The summed E-state index contributed by atoms with van der Waals surface area (Å²) in [5.74, 6) is 1.36. The van der Waals surface area contributed by atoms with Gasteiger partial charge in [-0.05, 0) is 52.2 Å². The van der Waals surface area contributed by atoms with Crippen molar-refractivity contribution in [1.82, 2.24) is 35.2 Å². The van der Waals surface area contributed by atoms with Crippen molar-refractivity contribution in [3.8, 4) is 11.4 Å². The van der Waals surface area contributed by atoms with Crippen LogP contribution in [-0.4, -0.2) is 89.4 Å². The van der Waals surface area contributed by atoms with Crippen molar-refractivity contribution in [2.24, 2.45) is 0 Å². The summed E-state index contributed by atoms with van der Waals surface area (Å²) < 4.78 is 7.32. The van der Waals surface area contributed by atoms with Gasteiger partial charge in [-0.3, -0.25) is 0 Å². The van der Waals surface area contributed by atoms with Crippen LogP contribution in [0.1, 0.15) is 19.9 Å². The van der Waals surface area contributed by atoms with Crippen molar-refractivity contribution in [2.75, 3.05) is 63.7 Å². The normalized spacial score (nSPS) is 14.3. The number of hydrogen-bond donors (Lipinski definition) is 2. The zero-order valence-electron chi connectivity index (χ0n) is 19.6. The van der Waals surface area contributed by atoms with Gasteiger partial charge in [0.2, 0.25) is 0 Å². The van der Waals surface area contributed by atoms with Gasteiger partial charge >= 0.3 is 6.03 Å². The number of nitrogens with one attached hydrogen (secondary N) is 2. The number of nitrogens with zero attached hydrogens (tertiary/aromatic N) is 7. The van der Waals surface area contributed by atoms with Crippen LogP contribution in [0.5, 0.6) is 0 Å². The molecule has 1 aliphatic rings. The van der Waals surface area contributed by atoms with Crippen molar-refractivity contribution in [3.63, 3.8) is 0 Å². The number of carbonyl (C=O) groups excluding carboxylic acids is 1. The molecule has 1 fully saturated rings. The summed E-state index contributed by atoms with van der Waals surface area (Å²) in [4.78, 5) is 25.9. The quantitative estimate of drug-likeness (QED) is 0.558. The second-order valence-electron chi connectivity index (χ2n) is 8.53. The summed E-state index contributed by atoms with van der Waals surface area (Å²) in [6.45, 7) is 8.23. The first-order chi connectivity index (χ1) is 15.9. The molecular formula is C22H31N9O2. The fraction of sp³-hybridized carbons (Fsp3) is 0.500. The van der Waals surface area contributed by atoms with Crippen LogP contribution in [0.15, 0.2) is 24.3 Å². The molecule has 0 atom stereocenters. The molecule has 2 amide bonds. The molecule has 1 aromatic carbocycles. The summed E-state index contributed by atoms with van der Waals surface area (Å²) >= 11 is 0. The van der Waals surface area contributed by atoms with Gasteiger partial charge in [0.05, 0.1) is 19.3 Å². The third-order valence-electron chi connectivity index (χ3n) is 5.35. The Hall–Kier alpha value is -3.31. The molecule has 11 heteroatoms. The summed E-state index contributed by atoms with van der Waals surface area (Å²) in [7, 11) is 3.93. The van der Waals surface area contributed by atoms with Crippen LogP contribution in [0.3, 0.4) is 0 Å². The van der Waals surface area contributed by atoms with E-state index >= 15 is 0 Å². The third-order valence-corrected chi connectivity index (χ3v) is 5.35. The average molecular weight is 454 g/mol. The van der Waals surface area contributed by atoms with E-state index in [2.05, 4.69) is 25.8 Å². The Balaban J connectivity index is 1.59. The van der Waals surface area contributed by atoms with Gasteiger partial charge in [-0.2, -0.15) is 0 Å². The lowest BCUT2D eigenvalue weighted by molar-refractivity contribution is 0.122. The molecule has 33 heavy (non-hydrogen) atoms. The average Bonchev–Trinajstić information content (AvgIpc) is 3.24. The highest BCUT2D eigenvalue weighted by Crippen LogP contribution is 2.28. The summed E-state index contributed by atoms with van der Waals surface area (Å²) in [5.41, 5.74) is 2.95. The Labute approximate surface area is 193 Å². The van der Waals surface area contributed by atoms with E-state index < -0.39 is 0 Å². The largest absolute Gasteiger partial charge is 0.378 e. The van der Waals surface area contributed by atoms with Crippen LogP contribution in [0.25, 0.3) is 22.6 Å². The highest BCUT2D eigenvalue weighted by Gasteiger charge is 2.22. The minimum Gasteiger partial charge on any atom is -0.378 e. The number of anilines is 2. The first kappa shape index (κ1) is 22.9. The van der Waals surface area contributed by atoms with E-state index in [-0.39, 0.29) is 12.1 Å². The molecule has 2 N–H and O–H groups in total. The van der Waals surface area contributed by atoms with Crippen LogP contribution in [0.4, 0.5) is 16.3 Å². The zero-order valence-corrected chi connectivity index (χ0v) is 19.6. The highest BCUT2D eigenvalue weighted by molar-refractivity contribution is 5.89. The number of fused-ring (bicyclic) bond motifs is 1. The monoisotopic (exact) mass is 453 g/mol. The van der Waals surface area contributed by atoms with Crippen LogP contribution >= 0.6 is 0 Å². The highest BCUT2D eigenvalue weighted by atomic mass is 16.5. The molecule has 0 unspecified atom stereocenters. The van der Waals surface area contributed by atoms with Gasteiger partial charge in [-0.25, -0.2) is 19.4 Å². The van der Waals surface area contributed by atoms with Crippen molar-refractivity contribution in [2.45, 2.75) is 19.9 Å². The SMILES string of the molecule is CC(C)n1nnc2c(N3CCOCC3)nc(-c3ccc(NC(=O)NCCN(C)C)cc3)nc21. The van der Waals surface area contributed by atoms with Crippen LogP contribution in [0.2, 0.25) is 0 Å². The molecule has 0 spiro atoms. The number of hydrogen-bond acceptors (Lipinski definition) is 8. The van der Waals surface area contributed by atoms with Crippen LogP contribution in [0, 0.1) is 0 Å². The number of amides is 2. The number of urea groups is 1. The Bertz CT molecular complexity index is 1090. The van der Waals surface area contributed by atoms with Gasteiger partial charge in [-0.1, -0.05) is 5.21 Å². The Morgan fingerprint density at radius 1 is 1.15 bits per heavy atom. The van der Waals surface area contributed by atoms with Crippen molar-refractivity contribution >= 4 is 28.7 Å². The van der Waals surface area contributed by atoms with Crippen LogP contribution < -0.4 is 15.5 Å². The van der Waals surface area contributed by atoms with E-state index in [9.17, 15) is 4.79 Å². The maximum Gasteiger partial charge on any atom is 0.319 e. The number of likely N-dealkylation sites (N-methyl/N-ethyl adjacent to an activating group) is 1. The van der Waals surface area contributed by atoms with Gasteiger partial charge in [0.15, 0.2) is 22.8 Å². The summed E-state index contributed by atoms with van der Waals surface area (Å²) in [6, 6.07) is 7.39. The number of morpholine rings is 1. The molecule has 176 valence electrons.